The summed E-state index contributed by atoms with van der Waals surface area (Å²) >= 11 is 1.30. The zero-order valence-electron chi connectivity index (χ0n) is 13.9. The van der Waals surface area contributed by atoms with Crippen LogP contribution < -0.4 is 15.8 Å². The highest BCUT2D eigenvalue weighted by Gasteiger charge is 2.18. The number of hydrogen-bond donors (Lipinski definition) is 1. The third-order valence-electron chi connectivity index (χ3n) is 4.01. The third kappa shape index (κ3) is 3.46. The lowest BCUT2D eigenvalue weighted by atomic mass is 10.4. The minimum absolute atomic E-state index is 0.104. The molecule has 1 amide bonds. The predicted octanol–water partition coefficient (Wildman–Crippen LogP) is 0.599. The number of rotatable bonds is 5. The number of carbonyl (C=O) groups is 1. The molecule has 4 heterocycles. The zero-order valence-corrected chi connectivity index (χ0v) is 14.7. The maximum absolute atomic E-state index is 12.6. The molecule has 136 valence electrons. The van der Waals surface area contributed by atoms with Gasteiger partial charge in [-0.2, -0.15) is 4.98 Å². The van der Waals surface area contributed by atoms with Gasteiger partial charge in [0, 0.05) is 13.1 Å². The third-order valence-corrected chi connectivity index (χ3v) is 5.10. The van der Waals surface area contributed by atoms with Crippen LogP contribution in [0.1, 0.15) is 5.76 Å². The van der Waals surface area contributed by atoms with E-state index in [-0.39, 0.29) is 24.6 Å². The number of hydrogen-bond acceptors (Lipinski definition) is 8. The molecule has 1 aliphatic heterocycles. The van der Waals surface area contributed by atoms with Crippen molar-refractivity contribution in [2.75, 3.05) is 31.2 Å². The van der Waals surface area contributed by atoms with Gasteiger partial charge in [-0.05, 0) is 12.1 Å². The maximum atomic E-state index is 12.6. The Labute approximate surface area is 152 Å². The highest BCUT2D eigenvalue weighted by atomic mass is 32.1. The molecule has 1 saturated heterocycles. The largest absolute Gasteiger partial charge is 0.467 e. The van der Waals surface area contributed by atoms with Crippen LogP contribution in [0, 0.1) is 0 Å². The second-order valence-corrected chi connectivity index (χ2v) is 6.76. The zero-order chi connectivity index (χ0) is 17.9. The highest BCUT2D eigenvalue weighted by Crippen LogP contribution is 2.25. The number of fused-ring (bicyclic) bond motifs is 1. The van der Waals surface area contributed by atoms with Crippen molar-refractivity contribution in [1.82, 2.24) is 19.9 Å². The SMILES string of the molecule is O=C(Cn1cnc2nc(N3CCOCC3)sc2c1=O)NCc1ccco1. The summed E-state index contributed by atoms with van der Waals surface area (Å²) in [6.45, 7) is 2.94. The number of ether oxygens (including phenoxy) is 1. The summed E-state index contributed by atoms with van der Waals surface area (Å²) in [4.78, 5) is 35.5. The Hall–Kier alpha value is -2.72. The van der Waals surface area contributed by atoms with E-state index >= 15 is 0 Å². The number of nitrogens with zero attached hydrogens (tertiary/aromatic N) is 4. The van der Waals surface area contributed by atoms with Gasteiger partial charge in [0.15, 0.2) is 10.8 Å². The number of morpholine rings is 1. The van der Waals surface area contributed by atoms with Crippen molar-refractivity contribution in [2.24, 2.45) is 0 Å². The first-order chi connectivity index (χ1) is 12.7. The van der Waals surface area contributed by atoms with E-state index < -0.39 is 0 Å². The Morgan fingerprint density at radius 2 is 2.19 bits per heavy atom. The van der Waals surface area contributed by atoms with E-state index in [9.17, 15) is 9.59 Å². The van der Waals surface area contributed by atoms with E-state index in [1.54, 1.807) is 18.4 Å². The number of anilines is 1. The molecule has 10 heteroatoms. The van der Waals surface area contributed by atoms with Gasteiger partial charge in [-0.15, -0.1) is 0 Å². The molecule has 3 aromatic heterocycles. The van der Waals surface area contributed by atoms with Crippen LogP contribution in [0.15, 0.2) is 33.9 Å². The molecule has 0 unspecified atom stereocenters. The van der Waals surface area contributed by atoms with Crippen molar-refractivity contribution < 1.29 is 13.9 Å². The van der Waals surface area contributed by atoms with E-state index in [1.165, 1.54) is 22.2 Å². The fourth-order valence-electron chi connectivity index (χ4n) is 2.65. The van der Waals surface area contributed by atoms with Crippen molar-refractivity contribution in [3.63, 3.8) is 0 Å². The lowest BCUT2D eigenvalue weighted by molar-refractivity contribution is -0.122. The lowest BCUT2D eigenvalue weighted by Gasteiger charge is -2.25. The summed E-state index contributed by atoms with van der Waals surface area (Å²) in [6, 6.07) is 3.52. The van der Waals surface area contributed by atoms with E-state index in [0.29, 0.717) is 29.3 Å². The minimum Gasteiger partial charge on any atom is -0.467 e. The molecule has 0 atom stereocenters. The van der Waals surface area contributed by atoms with Gasteiger partial charge >= 0.3 is 0 Å². The summed E-state index contributed by atoms with van der Waals surface area (Å²) in [5, 5.41) is 3.47. The van der Waals surface area contributed by atoms with Gasteiger partial charge in [-0.3, -0.25) is 14.2 Å². The van der Waals surface area contributed by atoms with Crippen molar-refractivity contribution in [2.45, 2.75) is 13.1 Å². The molecule has 4 rings (SSSR count). The summed E-state index contributed by atoms with van der Waals surface area (Å²) in [5.41, 5.74) is 0.147. The van der Waals surface area contributed by atoms with Crippen LogP contribution in [-0.4, -0.2) is 46.7 Å². The van der Waals surface area contributed by atoms with Gasteiger partial charge in [-0.25, -0.2) is 4.98 Å². The Kier molecular flexibility index (Phi) is 4.67. The van der Waals surface area contributed by atoms with Gasteiger partial charge < -0.3 is 19.4 Å². The van der Waals surface area contributed by atoms with E-state index in [0.717, 1.165) is 18.2 Å². The van der Waals surface area contributed by atoms with Gasteiger partial charge in [0.25, 0.3) is 5.56 Å². The van der Waals surface area contributed by atoms with Crippen molar-refractivity contribution in [1.29, 1.82) is 0 Å². The average molecular weight is 375 g/mol. The van der Waals surface area contributed by atoms with Crippen LogP contribution >= 0.6 is 11.3 Å². The standard InChI is InChI=1S/C16H17N5O4S/c22-12(17-8-11-2-1-5-25-11)9-21-10-18-14-13(15(21)23)26-16(19-14)20-3-6-24-7-4-20/h1-2,5,10H,3-4,6-9H2,(H,17,22). The summed E-state index contributed by atoms with van der Waals surface area (Å²) < 4.78 is 12.2. The number of aromatic nitrogens is 3. The molecular formula is C16H17N5O4S. The van der Waals surface area contributed by atoms with Crippen LogP contribution in [0.25, 0.3) is 10.3 Å². The van der Waals surface area contributed by atoms with Gasteiger partial charge in [-0.1, -0.05) is 11.3 Å². The van der Waals surface area contributed by atoms with E-state index in [4.69, 9.17) is 9.15 Å². The number of thiazole rings is 1. The fraction of sp³-hybridized carbons (Fsp3) is 0.375. The normalized spacial score (nSPS) is 14.7. The summed E-state index contributed by atoms with van der Waals surface area (Å²) in [7, 11) is 0. The topological polar surface area (TPSA) is 102 Å². The van der Waals surface area contributed by atoms with Gasteiger partial charge in [0.2, 0.25) is 5.91 Å². The minimum atomic E-state index is -0.289. The predicted molar refractivity (Wildman–Crippen MR) is 95.3 cm³/mol. The fourth-order valence-corrected chi connectivity index (χ4v) is 3.67. The van der Waals surface area contributed by atoms with Crippen molar-refractivity contribution >= 4 is 32.7 Å². The first kappa shape index (κ1) is 16.7. The molecule has 3 aromatic rings. The molecule has 0 aromatic carbocycles. The molecule has 0 spiro atoms. The molecule has 26 heavy (non-hydrogen) atoms. The quantitative estimate of drug-likeness (QED) is 0.696. The second kappa shape index (κ2) is 7.26. The Morgan fingerprint density at radius 1 is 1.35 bits per heavy atom. The monoisotopic (exact) mass is 375 g/mol. The lowest BCUT2D eigenvalue weighted by Crippen LogP contribution is -2.36. The number of nitrogens with one attached hydrogen (secondary N) is 1. The second-order valence-electron chi connectivity index (χ2n) is 5.78. The molecule has 1 fully saturated rings. The van der Waals surface area contributed by atoms with Crippen LogP contribution in [-0.2, 0) is 22.6 Å². The molecule has 0 radical (unpaired) electrons. The van der Waals surface area contributed by atoms with E-state index in [2.05, 4.69) is 20.2 Å². The molecule has 1 N–H and O–H groups in total. The number of carbonyl (C=O) groups excluding carboxylic acids is 1. The molecule has 0 aliphatic carbocycles. The summed E-state index contributed by atoms with van der Waals surface area (Å²) in [5.74, 6) is 0.361. The number of amides is 1. The van der Waals surface area contributed by atoms with Crippen molar-refractivity contribution in [3.05, 3.63) is 40.8 Å². The van der Waals surface area contributed by atoms with Crippen LogP contribution in [0.4, 0.5) is 5.13 Å². The Balaban J connectivity index is 1.49. The smallest absolute Gasteiger partial charge is 0.273 e. The van der Waals surface area contributed by atoms with Crippen LogP contribution in [0.5, 0.6) is 0 Å². The Morgan fingerprint density at radius 3 is 2.96 bits per heavy atom. The maximum Gasteiger partial charge on any atom is 0.273 e. The van der Waals surface area contributed by atoms with Crippen LogP contribution in [0.2, 0.25) is 0 Å². The molecular weight excluding hydrogens is 358 g/mol. The number of furan rings is 1. The van der Waals surface area contributed by atoms with Gasteiger partial charge in [0.1, 0.15) is 23.3 Å². The van der Waals surface area contributed by atoms with Crippen molar-refractivity contribution in [3.8, 4) is 0 Å². The summed E-state index contributed by atoms with van der Waals surface area (Å²) in [6.07, 6.45) is 2.90. The van der Waals surface area contributed by atoms with Crippen LogP contribution in [0.3, 0.4) is 0 Å². The first-order valence-corrected chi connectivity index (χ1v) is 9.00. The molecule has 1 aliphatic rings. The molecule has 9 nitrogen and oxygen atoms in total. The molecule has 0 saturated carbocycles. The average Bonchev–Trinajstić information content (AvgIpc) is 3.33. The highest BCUT2D eigenvalue weighted by molar-refractivity contribution is 7.22. The van der Waals surface area contributed by atoms with Gasteiger partial charge in [0.05, 0.1) is 26.0 Å². The first-order valence-electron chi connectivity index (χ1n) is 8.18. The molecule has 0 bridgehead atoms. The van der Waals surface area contributed by atoms with E-state index in [1.807, 2.05) is 0 Å². The Bertz CT molecular complexity index is 959.